The Morgan fingerprint density at radius 2 is 2.39 bits per heavy atom. The van der Waals surface area contributed by atoms with Gasteiger partial charge in [-0.1, -0.05) is 6.92 Å². The van der Waals surface area contributed by atoms with Gasteiger partial charge in [-0.2, -0.15) is 0 Å². The average Bonchev–Trinajstić information content (AvgIpc) is 2.72. The molecule has 2 heterocycles. The third-order valence-corrected chi connectivity index (χ3v) is 2.88. The number of nitrogens with zero attached hydrogens (tertiary/aromatic N) is 2. The van der Waals surface area contributed by atoms with Crippen molar-refractivity contribution in [3.8, 4) is 0 Å². The summed E-state index contributed by atoms with van der Waals surface area (Å²) in [5.41, 5.74) is 7.29. The molecule has 5 heteroatoms. The Morgan fingerprint density at radius 3 is 3.11 bits per heavy atom. The first-order valence-corrected chi connectivity index (χ1v) is 6.14. The summed E-state index contributed by atoms with van der Waals surface area (Å²) in [5, 5.41) is 4.43. The number of nitrogens with two attached hydrogens (primary N) is 1. The standard InChI is InChI=1S/C13H18N4O/c1-2-15-8-10-9-17(7-5-12(14)18)13-11(10)4-3-6-16-13/h3-4,6,9,15H,2,5,7-8H2,1H3,(H2,14,18). The van der Waals surface area contributed by atoms with Crippen LogP contribution in [0.4, 0.5) is 0 Å². The van der Waals surface area contributed by atoms with Gasteiger partial charge in [0.25, 0.3) is 0 Å². The number of fused-ring (bicyclic) bond motifs is 1. The summed E-state index contributed by atoms with van der Waals surface area (Å²) in [5.74, 6) is -0.291. The zero-order valence-electron chi connectivity index (χ0n) is 10.5. The fourth-order valence-electron chi connectivity index (χ4n) is 2.00. The van der Waals surface area contributed by atoms with E-state index in [-0.39, 0.29) is 5.91 Å². The summed E-state index contributed by atoms with van der Waals surface area (Å²) in [6, 6.07) is 3.98. The molecule has 0 unspecified atom stereocenters. The minimum absolute atomic E-state index is 0.291. The van der Waals surface area contributed by atoms with E-state index in [0.717, 1.165) is 24.1 Å². The molecular weight excluding hydrogens is 228 g/mol. The highest BCUT2D eigenvalue weighted by Crippen LogP contribution is 2.19. The Labute approximate surface area is 106 Å². The van der Waals surface area contributed by atoms with E-state index in [2.05, 4.69) is 23.3 Å². The highest BCUT2D eigenvalue weighted by Gasteiger charge is 2.09. The Kier molecular flexibility index (Phi) is 3.94. The van der Waals surface area contributed by atoms with E-state index in [1.807, 2.05) is 16.8 Å². The molecule has 3 N–H and O–H groups in total. The second-order valence-electron chi connectivity index (χ2n) is 4.22. The topological polar surface area (TPSA) is 72.9 Å². The van der Waals surface area contributed by atoms with Crippen LogP contribution in [0.3, 0.4) is 0 Å². The molecule has 0 saturated heterocycles. The molecule has 0 atom stereocenters. The first-order chi connectivity index (χ1) is 8.72. The molecule has 0 fully saturated rings. The van der Waals surface area contributed by atoms with E-state index in [1.54, 1.807) is 6.20 Å². The van der Waals surface area contributed by atoms with E-state index >= 15 is 0 Å². The Bertz CT molecular complexity index is 547. The molecule has 0 saturated carbocycles. The van der Waals surface area contributed by atoms with Crippen molar-refractivity contribution in [3.05, 3.63) is 30.1 Å². The van der Waals surface area contributed by atoms with Crippen LogP contribution in [-0.2, 0) is 17.9 Å². The molecule has 2 aromatic heterocycles. The Hall–Kier alpha value is -1.88. The number of rotatable bonds is 6. The fourth-order valence-corrected chi connectivity index (χ4v) is 2.00. The van der Waals surface area contributed by atoms with Crippen molar-refractivity contribution < 1.29 is 4.79 Å². The summed E-state index contributed by atoms with van der Waals surface area (Å²) in [6.07, 6.45) is 4.14. The number of amides is 1. The van der Waals surface area contributed by atoms with E-state index in [9.17, 15) is 4.79 Å². The summed E-state index contributed by atoms with van der Waals surface area (Å²) >= 11 is 0. The molecule has 0 aliphatic heterocycles. The minimum atomic E-state index is -0.291. The highest BCUT2D eigenvalue weighted by molar-refractivity contribution is 5.80. The van der Waals surface area contributed by atoms with Gasteiger partial charge in [0.15, 0.2) is 0 Å². The second kappa shape index (κ2) is 5.64. The van der Waals surface area contributed by atoms with Gasteiger partial charge in [-0.25, -0.2) is 4.98 Å². The van der Waals surface area contributed by atoms with Gasteiger partial charge in [-0.15, -0.1) is 0 Å². The van der Waals surface area contributed by atoms with E-state index in [0.29, 0.717) is 13.0 Å². The van der Waals surface area contributed by atoms with Gasteiger partial charge in [0, 0.05) is 37.3 Å². The maximum Gasteiger partial charge on any atom is 0.219 e. The van der Waals surface area contributed by atoms with Gasteiger partial charge in [0.05, 0.1) is 0 Å². The van der Waals surface area contributed by atoms with E-state index < -0.39 is 0 Å². The molecule has 0 bridgehead atoms. The van der Waals surface area contributed by atoms with Crippen molar-refractivity contribution >= 4 is 16.9 Å². The predicted molar refractivity (Wildman–Crippen MR) is 70.9 cm³/mol. The van der Waals surface area contributed by atoms with Gasteiger partial charge in [0.1, 0.15) is 5.65 Å². The van der Waals surface area contributed by atoms with Crippen LogP contribution in [-0.4, -0.2) is 22.0 Å². The molecule has 2 rings (SSSR count). The second-order valence-corrected chi connectivity index (χ2v) is 4.22. The van der Waals surface area contributed by atoms with Crippen LogP contribution in [0.1, 0.15) is 18.9 Å². The molecule has 0 aliphatic carbocycles. The number of aromatic nitrogens is 2. The summed E-state index contributed by atoms with van der Waals surface area (Å²) in [6.45, 7) is 4.38. The van der Waals surface area contributed by atoms with Crippen LogP contribution in [0, 0.1) is 0 Å². The van der Waals surface area contributed by atoms with Crippen molar-refractivity contribution in [1.82, 2.24) is 14.9 Å². The number of primary amides is 1. The van der Waals surface area contributed by atoms with E-state index in [1.165, 1.54) is 5.56 Å². The molecular formula is C13H18N4O. The molecule has 0 aromatic carbocycles. The third kappa shape index (κ3) is 2.68. The Morgan fingerprint density at radius 1 is 1.56 bits per heavy atom. The van der Waals surface area contributed by atoms with Gasteiger partial charge >= 0.3 is 0 Å². The van der Waals surface area contributed by atoms with Crippen LogP contribution in [0.15, 0.2) is 24.5 Å². The molecule has 96 valence electrons. The lowest BCUT2D eigenvalue weighted by atomic mass is 10.2. The number of hydrogen-bond acceptors (Lipinski definition) is 3. The number of nitrogens with one attached hydrogen (secondary N) is 1. The number of aryl methyl sites for hydroxylation is 1. The molecule has 2 aromatic rings. The van der Waals surface area contributed by atoms with Crippen LogP contribution in [0.25, 0.3) is 11.0 Å². The largest absolute Gasteiger partial charge is 0.370 e. The zero-order chi connectivity index (χ0) is 13.0. The quantitative estimate of drug-likeness (QED) is 0.799. The monoisotopic (exact) mass is 246 g/mol. The predicted octanol–water partition coefficient (Wildman–Crippen LogP) is 1.02. The normalized spacial score (nSPS) is 10.9. The molecule has 0 aliphatic rings. The molecule has 0 spiro atoms. The van der Waals surface area contributed by atoms with Crippen molar-refractivity contribution in [2.24, 2.45) is 5.73 Å². The van der Waals surface area contributed by atoms with Crippen LogP contribution in [0.5, 0.6) is 0 Å². The maximum absolute atomic E-state index is 10.9. The lowest BCUT2D eigenvalue weighted by Gasteiger charge is -2.01. The molecule has 0 radical (unpaired) electrons. The average molecular weight is 246 g/mol. The number of hydrogen-bond donors (Lipinski definition) is 2. The minimum Gasteiger partial charge on any atom is -0.370 e. The lowest BCUT2D eigenvalue weighted by molar-refractivity contribution is -0.118. The van der Waals surface area contributed by atoms with E-state index in [4.69, 9.17) is 5.73 Å². The highest BCUT2D eigenvalue weighted by atomic mass is 16.1. The summed E-state index contributed by atoms with van der Waals surface area (Å²) < 4.78 is 1.99. The zero-order valence-corrected chi connectivity index (χ0v) is 10.5. The maximum atomic E-state index is 10.9. The van der Waals surface area contributed by atoms with Crippen molar-refractivity contribution in [3.63, 3.8) is 0 Å². The van der Waals surface area contributed by atoms with Gasteiger partial charge in [-0.3, -0.25) is 4.79 Å². The third-order valence-electron chi connectivity index (χ3n) is 2.88. The SMILES string of the molecule is CCNCc1cn(CCC(N)=O)c2ncccc12. The number of carbonyl (C=O) groups is 1. The number of pyridine rings is 1. The fraction of sp³-hybridized carbons (Fsp3) is 0.385. The first kappa shape index (κ1) is 12.6. The van der Waals surface area contributed by atoms with Crippen molar-refractivity contribution in [1.29, 1.82) is 0 Å². The van der Waals surface area contributed by atoms with Crippen LogP contribution in [0.2, 0.25) is 0 Å². The lowest BCUT2D eigenvalue weighted by Crippen LogP contribution is -2.14. The van der Waals surface area contributed by atoms with Gasteiger partial charge < -0.3 is 15.6 Å². The summed E-state index contributed by atoms with van der Waals surface area (Å²) in [4.78, 5) is 15.2. The molecule has 1 amide bonds. The summed E-state index contributed by atoms with van der Waals surface area (Å²) in [7, 11) is 0. The van der Waals surface area contributed by atoms with Gasteiger partial charge in [-0.05, 0) is 24.2 Å². The first-order valence-electron chi connectivity index (χ1n) is 6.14. The van der Waals surface area contributed by atoms with Crippen LogP contribution >= 0.6 is 0 Å². The van der Waals surface area contributed by atoms with Crippen molar-refractivity contribution in [2.45, 2.75) is 26.4 Å². The Balaban J connectivity index is 2.31. The smallest absolute Gasteiger partial charge is 0.219 e. The molecule has 18 heavy (non-hydrogen) atoms. The van der Waals surface area contributed by atoms with Crippen LogP contribution < -0.4 is 11.1 Å². The van der Waals surface area contributed by atoms with Gasteiger partial charge in [0.2, 0.25) is 5.91 Å². The van der Waals surface area contributed by atoms with Crippen molar-refractivity contribution in [2.75, 3.05) is 6.54 Å². The molecule has 5 nitrogen and oxygen atoms in total. The number of carbonyl (C=O) groups excluding carboxylic acids is 1.